The maximum Gasteiger partial charge on any atom is 0.220 e. The molecule has 0 radical (unpaired) electrons. The number of hydrogen-bond acceptors (Lipinski definition) is 6. The van der Waals surface area contributed by atoms with Crippen LogP contribution in [0.1, 0.15) is 12.0 Å². The molecule has 1 fully saturated rings. The van der Waals surface area contributed by atoms with Gasteiger partial charge in [-0.15, -0.1) is 0 Å². The molecule has 0 bridgehead atoms. The summed E-state index contributed by atoms with van der Waals surface area (Å²) >= 11 is 1.56. The van der Waals surface area contributed by atoms with Gasteiger partial charge in [-0.2, -0.15) is 4.39 Å². The van der Waals surface area contributed by atoms with E-state index < -0.39 is 11.5 Å². The highest BCUT2D eigenvalue weighted by Crippen LogP contribution is 2.52. The molecular weight excluding hydrogens is 353 g/mol. The van der Waals surface area contributed by atoms with Gasteiger partial charge < -0.3 is 15.2 Å². The van der Waals surface area contributed by atoms with Crippen molar-refractivity contribution in [2.45, 2.75) is 18.1 Å². The highest BCUT2D eigenvalue weighted by atomic mass is 32.2. The monoisotopic (exact) mass is 371 g/mol. The second-order valence-corrected chi connectivity index (χ2v) is 7.84. The summed E-state index contributed by atoms with van der Waals surface area (Å²) in [4.78, 5) is 8.62. The number of ether oxygens (including phenoxy) is 2. The average Bonchev–Trinajstić information content (AvgIpc) is 3.05. The first kappa shape index (κ1) is 16.1. The summed E-state index contributed by atoms with van der Waals surface area (Å²) in [6, 6.07) is 9.23. The number of aromatic nitrogens is 1. The van der Waals surface area contributed by atoms with Crippen molar-refractivity contribution in [3.05, 3.63) is 48.0 Å². The van der Waals surface area contributed by atoms with Crippen LogP contribution in [-0.2, 0) is 10.3 Å². The number of hydrogen-bond donors (Lipinski definition) is 1. The van der Waals surface area contributed by atoms with Gasteiger partial charge in [0.1, 0.15) is 17.4 Å². The fourth-order valence-electron chi connectivity index (χ4n) is 4.18. The van der Waals surface area contributed by atoms with Crippen LogP contribution >= 0.6 is 11.8 Å². The van der Waals surface area contributed by atoms with E-state index in [0.29, 0.717) is 23.9 Å². The predicted molar refractivity (Wildman–Crippen MR) is 98.7 cm³/mol. The van der Waals surface area contributed by atoms with Gasteiger partial charge in [0.05, 0.1) is 13.2 Å². The van der Waals surface area contributed by atoms with Crippen LogP contribution in [0.25, 0.3) is 11.1 Å². The van der Waals surface area contributed by atoms with Crippen molar-refractivity contribution in [1.29, 1.82) is 0 Å². The van der Waals surface area contributed by atoms with Crippen LogP contribution in [0.15, 0.2) is 41.5 Å². The van der Waals surface area contributed by atoms with E-state index in [1.54, 1.807) is 23.9 Å². The van der Waals surface area contributed by atoms with Crippen LogP contribution in [0.5, 0.6) is 5.75 Å². The summed E-state index contributed by atoms with van der Waals surface area (Å²) in [6.07, 6.45) is 2.35. The number of amidine groups is 1. The number of nitrogens with zero attached hydrogens (tertiary/aromatic N) is 2. The molecule has 26 heavy (non-hydrogen) atoms. The molecular formula is C19H18FN3O2S. The average molecular weight is 371 g/mol. The maximum absolute atomic E-state index is 14.2. The SMILES string of the molecule is NC1=N[C@@]2(CS1)c1cc(-c3cccnc3F)ccc1O[C@@H]1CCOC[C@H]12. The van der Waals surface area contributed by atoms with Crippen molar-refractivity contribution in [3.8, 4) is 16.9 Å². The van der Waals surface area contributed by atoms with Gasteiger partial charge in [0.25, 0.3) is 0 Å². The van der Waals surface area contributed by atoms with Crippen LogP contribution < -0.4 is 10.5 Å². The van der Waals surface area contributed by atoms with Gasteiger partial charge in [-0.25, -0.2) is 9.98 Å². The summed E-state index contributed by atoms with van der Waals surface area (Å²) in [5.41, 5.74) is 7.76. The van der Waals surface area contributed by atoms with Crippen molar-refractivity contribution >= 4 is 16.9 Å². The summed E-state index contributed by atoms with van der Waals surface area (Å²) in [7, 11) is 0. The molecule has 1 aromatic carbocycles. The van der Waals surface area contributed by atoms with Crippen molar-refractivity contribution in [2.75, 3.05) is 19.0 Å². The highest BCUT2D eigenvalue weighted by Gasteiger charge is 2.53. The Balaban J connectivity index is 1.69. The predicted octanol–water partition coefficient (Wildman–Crippen LogP) is 2.94. The molecule has 1 spiro atoms. The number of benzene rings is 1. The van der Waals surface area contributed by atoms with Crippen LogP contribution in [0, 0.1) is 11.9 Å². The molecule has 4 heterocycles. The molecule has 3 atom stereocenters. The third-order valence-corrected chi connectivity index (χ3v) is 6.42. The molecule has 0 aliphatic carbocycles. The lowest BCUT2D eigenvalue weighted by atomic mass is 9.73. The van der Waals surface area contributed by atoms with E-state index in [1.807, 2.05) is 18.2 Å². The second kappa shape index (κ2) is 5.96. The largest absolute Gasteiger partial charge is 0.489 e. The summed E-state index contributed by atoms with van der Waals surface area (Å²) in [6.45, 7) is 1.28. The number of halogens is 1. The molecule has 1 saturated heterocycles. The van der Waals surface area contributed by atoms with Crippen molar-refractivity contribution in [1.82, 2.24) is 4.98 Å². The minimum atomic E-state index is -0.485. The molecule has 1 aromatic heterocycles. The molecule has 0 amide bonds. The number of fused-ring (bicyclic) bond motifs is 4. The molecule has 2 aromatic rings. The lowest BCUT2D eigenvalue weighted by Gasteiger charge is -2.46. The Hall–Kier alpha value is -2.12. The lowest BCUT2D eigenvalue weighted by Crippen LogP contribution is -2.52. The fraction of sp³-hybridized carbons (Fsp3) is 0.368. The van der Waals surface area contributed by atoms with Crippen molar-refractivity contribution < 1.29 is 13.9 Å². The van der Waals surface area contributed by atoms with Crippen molar-refractivity contribution in [2.24, 2.45) is 16.6 Å². The Labute approximate surface area is 154 Å². The fourth-order valence-corrected chi connectivity index (χ4v) is 5.21. The molecule has 7 heteroatoms. The Morgan fingerprint density at radius 3 is 3.04 bits per heavy atom. The first-order valence-corrected chi connectivity index (χ1v) is 9.64. The Bertz CT molecular complexity index is 906. The standard InChI is InChI=1S/C19H18FN3O2S/c20-17-12(2-1-6-22-17)11-3-4-15-13(8-11)19(10-26-18(21)23-19)14-9-24-7-5-16(14)25-15/h1-4,6,8,14,16H,5,7,9-10H2,(H2,21,23)/t14-,16-,19+/m1/s1. The lowest BCUT2D eigenvalue weighted by molar-refractivity contribution is -0.0628. The quantitative estimate of drug-likeness (QED) is 0.781. The Morgan fingerprint density at radius 1 is 1.31 bits per heavy atom. The second-order valence-electron chi connectivity index (χ2n) is 6.84. The Kier molecular flexibility index (Phi) is 3.68. The Morgan fingerprint density at radius 2 is 2.23 bits per heavy atom. The number of thioether (sulfide) groups is 1. The van der Waals surface area contributed by atoms with Crippen molar-refractivity contribution in [3.63, 3.8) is 0 Å². The maximum atomic E-state index is 14.2. The first-order valence-electron chi connectivity index (χ1n) is 8.65. The number of rotatable bonds is 1. The van der Waals surface area contributed by atoms with Gasteiger partial charge in [-0.3, -0.25) is 0 Å². The number of nitrogens with two attached hydrogens (primary N) is 1. The summed E-state index contributed by atoms with van der Waals surface area (Å²) in [5.74, 6) is 1.17. The van der Waals surface area contributed by atoms with E-state index in [2.05, 4.69) is 4.98 Å². The van der Waals surface area contributed by atoms with Crippen LogP contribution in [0.2, 0.25) is 0 Å². The van der Waals surface area contributed by atoms with E-state index in [4.69, 9.17) is 20.2 Å². The smallest absolute Gasteiger partial charge is 0.220 e. The zero-order chi connectivity index (χ0) is 17.7. The van der Waals surface area contributed by atoms with Gasteiger partial charge in [0.15, 0.2) is 5.17 Å². The van der Waals surface area contributed by atoms with Gasteiger partial charge in [0, 0.05) is 35.4 Å². The highest BCUT2D eigenvalue weighted by molar-refractivity contribution is 8.14. The molecule has 3 aliphatic rings. The molecule has 2 N–H and O–H groups in total. The summed E-state index contributed by atoms with van der Waals surface area (Å²) < 4.78 is 26.2. The third kappa shape index (κ3) is 2.34. The molecule has 5 rings (SSSR count). The van der Waals surface area contributed by atoms with Gasteiger partial charge in [-0.05, 0) is 29.8 Å². The van der Waals surface area contributed by atoms with Gasteiger partial charge in [-0.1, -0.05) is 17.8 Å². The van der Waals surface area contributed by atoms with E-state index >= 15 is 0 Å². The minimum Gasteiger partial charge on any atom is -0.489 e. The number of pyridine rings is 1. The molecule has 0 unspecified atom stereocenters. The zero-order valence-corrected chi connectivity index (χ0v) is 14.8. The van der Waals surface area contributed by atoms with E-state index in [0.717, 1.165) is 29.1 Å². The molecule has 0 saturated carbocycles. The minimum absolute atomic E-state index is 0.0625. The van der Waals surface area contributed by atoms with Gasteiger partial charge >= 0.3 is 0 Å². The van der Waals surface area contributed by atoms with Crippen LogP contribution in [-0.4, -0.2) is 35.2 Å². The first-order chi connectivity index (χ1) is 12.7. The van der Waals surface area contributed by atoms with Crippen LogP contribution in [0.4, 0.5) is 4.39 Å². The van der Waals surface area contributed by atoms with Gasteiger partial charge in [0.2, 0.25) is 5.95 Å². The van der Waals surface area contributed by atoms with E-state index in [-0.39, 0.29) is 12.0 Å². The van der Waals surface area contributed by atoms with E-state index in [9.17, 15) is 4.39 Å². The third-order valence-electron chi connectivity index (χ3n) is 5.45. The molecule has 134 valence electrons. The summed E-state index contributed by atoms with van der Waals surface area (Å²) in [5, 5.41) is 0.583. The van der Waals surface area contributed by atoms with E-state index in [1.165, 1.54) is 6.20 Å². The molecule has 3 aliphatic heterocycles. The topological polar surface area (TPSA) is 69.7 Å². The van der Waals surface area contributed by atoms with Crippen LogP contribution in [0.3, 0.4) is 0 Å². The normalized spacial score (nSPS) is 29.7. The zero-order valence-electron chi connectivity index (χ0n) is 14.0. The molecule has 5 nitrogen and oxygen atoms in total. The number of aliphatic imine (C=N–C) groups is 1.